The molecule has 0 aliphatic heterocycles. The summed E-state index contributed by atoms with van der Waals surface area (Å²) in [6.07, 6.45) is 3.95. The van der Waals surface area contributed by atoms with Crippen molar-refractivity contribution in [3.8, 4) is 0 Å². The van der Waals surface area contributed by atoms with Gasteiger partial charge in [-0.25, -0.2) is 0 Å². The van der Waals surface area contributed by atoms with Crippen LogP contribution in [0.1, 0.15) is 37.3 Å². The highest BCUT2D eigenvalue weighted by molar-refractivity contribution is 5.78. The van der Waals surface area contributed by atoms with Gasteiger partial charge in [0.1, 0.15) is 0 Å². The van der Waals surface area contributed by atoms with Gasteiger partial charge in [-0.05, 0) is 24.5 Å². The summed E-state index contributed by atoms with van der Waals surface area (Å²) in [5.74, 6) is 0.130. The van der Waals surface area contributed by atoms with E-state index >= 15 is 0 Å². The highest BCUT2D eigenvalue weighted by atomic mass is 16.1. The van der Waals surface area contributed by atoms with Crippen LogP contribution < -0.4 is 5.32 Å². The van der Waals surface area contributed by atoms with Gasteiger partial charge in [0, 0.05) is 6.54 Å². The maximum Gasteiger partial charge on any atom is 0.224 e. The molecule has 0 spiro atoms. The van der Waals surface area contributed by atoms with Crippen molar-refractivity contribution < 1.29 is 4.79 Å². The Morgan fingerprint density at radius 1 is 1.25 bits per heavy atom. The molecule has 1 aromatic carbocycles. The monoisotopic (exact) mass is 219 g/mol. The Morgan fingerprint density at radius 3 is 2.69 bits per heavy atom. The molecule has 0 aliphatic rings. The summed E-state index contributed by atoms with van der Waals surface area (Å²) in [6.45, 7) is 5.01. The van der Waals surface area contributed by atoms with Gasteiger partial charge in [0.05, 0.1) is 6.42 Å². The Kier molecular flexibility index (Phi) is 5.62. The molecule has 0 saturated carbocycles. The van der Waals surface area contributed by atoms with Crippen LogP contribution in [0.4, 0.5) is 0 Å². The molecular formula is C14H21NO. The Labute approximate surface area is 98.1 Å². The number of nitrogens with one attached hydrogen (secondary N) is 1. The Hall–Kier alpha value is -1.31. The number of hydrogen-bond acceptors (Lipinski definition) is 1. The van der Waals surface area contributed by atoms with Gasteiger partial charge in [0.25, 0.3) is 0 Å². The lowest BCUT2D eigenvalue weighted by molar-refractivity contribution is -0.120. The molecule has 0 unspecified atom stereocenters. The summed E-state index contributed by atoms with van der Waals surface area (Å²) in [6, 6.07) is 8.03. The number of amides is 1. The van der Waals surface area contributed by atoms with Crippen molar-refractivity contribution in [1.29, 1.82) is 0 Å². The molecule has 0 heterocycles. The zero-order valence-corrected chi connectivity index (χ0v) is 10.3. The van der Waals surface area contributed by atoms with Crippen molar-refractivity contribution in [2.75, 3.05) is 6.54 Å². The summed E-state index contributed by atoms with van der Waals surface area (Å²) in [5, 5.41) is 2.95. The first kappa shape index (κ1) is 12.8. The normalized spacial score (nSPS) is 10.1. The third-order valence-electron chi connectivity index (χ3n) is 2.71. The van der Waals surface area contributed by atoms with Crippen LogP contribution >= 0.6 is 0 Å². The summed E-state index contributed by atoms with van der Waals surface area (Å²) >= 11 is 0. The zero-order valence-electron chi connectivity index (χ0n) is 10.3. The minimum absolute atomic E-state index is 0.130. The second-order valence-electron chi connectivity index (χ2n) is 4.16. The van der Waals surface area contributed by atoms with E-state index in [1.165, 1.54) is 18.4 Å². The minimum Gasteiger partial charge on any atom is -0.356 e. The van der Waals surface area contributed by atoms with Crippen molar-refractivity contribution in [1.82, 2.24) is 5.32 Å². The third-order valence-corrected chi connectivity index (χ3v) is 2.71. The van der Waals surface area contributed by atoms with E-state index in [0.29, 0.717) is 6.42 Å². The Bertz CT molecular complexity index is 333. The molecule has 88 valence electrons. The van der Waals surface area contributed by atoms with Gasteiger partial charge in [-0.1, -0.05) is 44.0 Å². The van der Waals surface area contributed by atoms with Crippen molar-refractivity contribution >= 4 is 5.91 Å². The fourth-order valence-electron chi connectivity index (χ4n) is 1.65. The molecule has 1 aromatic rings. The van der Waals surface area contributed by atoms with E-state index in [1.807, 2.05) is 31.2 Å². The van der Waals surface area contributed by atoms with Crippen LogP contribution in [0, 0.1) is 6.92 Å². The van der Waals surface area contributed by atoms with Crippen LogP contribution in [0.5, 0.6) is 0 Å². The number of benzene rings is 1. The molecule has 1 rings (SSSR count). The molecule has 0 aliphatic carbocycles. The average Bonchev–Trinajstić information content (AvgIpc) is 2.28. The predicted molar refractivity (Wildman–Crippen MR) is 67.4 cm³/mol. The van der Waals surface area contributed by atoms with Gasteiger partial charge >= 0.3 is 0 Å². The zero-order chi connectivity index (χ0) is 11.8. The summed E-state index contributed by atoms with van der Waals surface area (Å²) < 4.78 is 0. The molecule has 0 saturated heterocycles. The standard InChI is InChI=1S/C14H21NO/c1-3-4-7-10-15-14(16)11-13-9-6-5-8-12(13)2/h5-6,8-9H,3-4,7,10-11H2,1-2H3,(H,15,16). The number of rotatable bonds is 6. The average molecular weight is 219 g/mol. The van der Waals surface area contributed by atoms with E-state index in [-0.39, 0.29) is 5.91 Å². The molecule has 0 radical (unpaired) electrons. The van der Waals surface area contributed by atoms with E-state index in [1.54, 1.807) is 0 Å². The molecule has 1 N–H and O–H groups in total. The van der Waals surface area contributed by atoms with E-state index < -0.39 is 0 Å². The maximum absolute atomic E-state index is 11.6. The van der Waals surface area contributed by atoms with Crippen LogP contribution in [0.25, 0.3) is 0 Å². The van der Waals surface area contributed by atoms with Crippen LogP contribution in [-0.4, -0.2) is 12.5 Å². The smallest absolute Gasteiger partial charge is 0.224 e. The molecular weight excluding hydrogens is 198 g/mol. The quantitative estimate of drug-likeness (QED) is 0.732. The van der Waals surface area contributed by atoms with Gasteiger partial charge in [-0.15, -0.1) is 0 Å². The molecule has 2 nitrogen and oxygen atoms in total. The largest absolute Gasteiger partial charge is 0.356 e. The van der Waals surface area contributed by atoms with E-state index in [0.717, 1.165) is 18.5 Å². The van der Waals surface area contributed by atoms with Crippen molar-refractivity contribution in [3.63, 3.8) is 0 Å². The first-order valence-corrected chi connectivity index (χ1v) is 6.05. The van der Waals surface area contributed by atoms with Crippen LogP contribution in [0.2, 0.25) is 0 Å². The minimum atomic E-state index is 0.130. The first-order valence-electron chi connectivity index (χ1n) is 6.05. The third kappa shape index (κ3) is 4.47. The van der Waals surface area contributed by atoms with Gasteiger partial charge < -0.3 is 5.32 Å². The topological polar surface area (TPSA) is 29.1 Å². The maximum atomic E-state index is 11.6. The fourth-order valence-corrected chi connectivity index (χ4v) is 1.65. The predicted octanol–water partition coefficient (Wildman–Crippen LogP) is 2.84. The number of unbranched alkanes of at least 4 members (excludes halogenated alkanes) is 2. The lowest BCUT2D eigenvalue weighted by atomic mass is 10.1. The molecule has 0 bridgehead atoms. The van der Waals surface area contributed by atoms with Gasteiger partial charge in [-0.2, -0.15) is 0 Å². The summed E-state index contributed by atoms with van der Waals surface area (Å²) in [4.78, 5) is 11.6. The molecule has 0 fully saturated rings. The van der Waals surface area contributed by atoms with Gasteiger partial charge in [0.15, 0.2) is 0 Å². The van der Waals surface area contributed by atoms with Crippen LogP contribution in [0.15, 0.2) is 24.3 Å². The van der Waals surface area contributed by atoms with Crippen LogP contribution in [-0.2, 0) is 11.2 Å². The molecule has 0 atom stereocenters. The van der Waals surface area contributed by atoms with Crippen LogP contribution in [0.3, 0.4) is 0 Å². The summed E-state index contributed by atoms with van der Waals surface area (Å²) in [7, 11) is 0. The van der Waals surface area contributed by atoms with Crippen molar-refractivity contribution in [3.05, 3.63) is 35.4 Å². The van der Waals surface area contributed by atoms with E-state index in [9.17, 15) is 4.79 Å². The second-order valence-corrected chi connectivity index (χ2v) is 4.16. The van der Waals surface area contributed by atoms with Gasteiger partial charge in [-0.3, -0.25) is 4.79 Å². The van der Waals surface area contributed by atoms with Crippen molar-refractivity contribution in [2.45, 2.75) is 39.5 Å². The van der Waals surface area contributed by atoms with E-state index in [4.69, 9.17) is 0 Å². The van der Waals surface area contributed by atoms with Gasteiger partial charge in [0.2, 0.25) is 5.91 Å². The lowest BCUT2D eigenvalue weighted by Crippen LogP contribution is -2.26. The van der Waals surface area contributed by atoms with E-state index in [2.05, 4.69) is 12.2 Å². The Balaban J connectivity index is 2.32. The molecule has 1 amide bonds. The molecule has 2 heteroatoms. The fraction of sp³-hybridized carbons (Fsp3) is 0.500. The molecule has 0 aromatic heterocycles. The number of aryl methyl sites for hydroxylation is 1. The SMILES string of the molecule is CCCCCNC(=O)Cc1ccccc1C. The second kappa shape index (κ2) is 7.04. The summed E-state index contributed by atoms with van der Waals surface area (Å²) in [5.41, 5.74) is 2.31. The lowest BCUT2D eigenvalue weighted by Gasteiger charge is -2.06. The highest BCUT2D eigenvalue weighted by Crippen LogP contribution is 2.07. The Morgan fingerprint density at radius 2 is 2.00 bits per heavy atom. The number of hydrogen-bond donors (Lipinski definition) is 1. The molecule has 16 heavy (non-hydrogen) atoms. The number of carbonyl (C=O) groups is 1. The first-order chi connectivity index (χ1) is 7.74. The highest BCUT2D eigenvalue weighted by Gasteiger charge is 2.04. The van der Waals surface area contributed by atoms with Crippen molar-refractivity contribution in [2.24, 2.45) is 0 Å². The number of carbonyl (C=O) groups excluding carboxylic acids is 1.